The third-order valence-electron chi connectivity index (χ3n) is 7.49. The molecule has 1 aromatic heterocycles. The fourth-order valence-corrected chi connectivity index (χ4v) is 6.43. The second-order valence-corrected chi connectivity index (χ2v) is 10.5. The van der Waals surface area contributed by atoms with Gasteiger partial charge in [0, 0.05) is 17.7 Å². The Hall–Kier alpha value is -1.47. The number of ether oxygens (including phenoxy) is 2. The zero-order valence-electron chi connectivity index (χ0n) is 18.4. The van der Waals surface area contributed by atoms with E-state index < -0.39 is 11.7 Å². The Morgan fingerprint density at radius 2 is 2.13 bits per heavy atom. The van der Waals surface area contributed by atoms with Gasteiger partial charge < -0.3 is 19.7 Å². The minimum Gasteiger partial charge on any atom is -0.493 e. The SMILES string of the molecule is CCc1ccc(OC[C@@H]2[C@H]3CC[C@](C)(c4nc(CO)cs4)O[C@H]3C[C@@H]2O)cc1C1CC1. The molecule has 5 nitrogen and oxygen atoms in total. The van der Waals surface area contributed by atoms with Gasteiger partial charge in [0.1, 0.15) is 16.4 Å². The number of hydrogen-bond donors (Lipinski definition) is 2. The molecule has 0 radical (unpaired) electrons. The van der Waals surface area contributed by atoms with Crippen LogP contribution in [0.3, 0.4) is 0 Å². The topological polar surface area (TPSA) is 71.8 Å². The van der Waals surface area contributed by atoms with Crippen LogP contribution in [0.15, 0.2) is 23.6 Å². The fraction of sp³-hybridized carbons (Fsp3) is 0.640. The molecule has 168 valence electrons. The molecule has 1 aliphatic heterocycles. The third kappa shape index (κ3) is 4.15. The van der Waals surface area contributed by atoms with Gasteiger partial charge in [-0.15, -0.1) is 11.3 Å². The smallest absolute Gasteiger partial charge is 0.125 e. The number of fused-ring (bicyclic) bond motifs is 1. The number of thiazole rings is 1. The predicted molar refractivity (Wildman–Crippen MR) is 120 cm³/mol. The zero-order chi connectivity index (χ0) is 21.6. The highest BCUT2D eigenvalue weighted by atomic mass is 32.1. The quantitative estimate of drug-likeness (QED) is 0.657. The maximum absolute atomic E-state index is 10.8. The molecule has 2 heterocycles. The van der Waals surface area contributed by atoms with Gasteiger partial charge in [0.15, 0.2) is 0 Å². The number of aliphatic hydroxyl groups excluding tert-OH is 2. The molecule has 2 saturated carbocycles. The Kier molecular flexibility index (Phi) is 5.84. The lowest BCUT2D eigenvalue weighted by atomic mass is 9.83. The van der Waals surface area contributed by atoms with E-state index in [1.807, 2.05) is 5.38 Å². The van der Waals surface area contributed by atoms with Crippen molar-refractivity contribution in [1.82, 2.24) is 4.98 Å². The minimum atomic E-state index is -0.441. The van der Waals surface area contributed by atoms with Crippen LogP contribution < -0.4 is 4.74 Å². The van der Waals surface area contributed by atoms with Crippen molar-refractivity contribution in [3.63, 3.8) is 0 Å². The summed E-state index contributed by atoms with van der Waals surface area (Å²) < 4.78 is 12.8. The fourth-order valence-electron chi connectivity index (χ4n) is 5.49. The first kappa shape index (κ1) is 21.4. The molecule has 3 fully saturated rings. The van der Waals surface area contributed by atoms with E-state index in [9.17, 15) is 10.2 Å². The van der Waals surface area contributed by atoms with E-state index in [-0.39, 0.29) is 18.6 Å². The minimum absolute atomic E-state index is 0.0216. The Labute approximate surface area is 188 Å². The van der Waals surface area contributed by atoms with Crippen molar-refractivity contribution in [2.24, 2.45) is 11.8 Å². The van der Waals surface area contributed by atoms with Crippen LogP contribution in [0, 0.1) is 11.8 Å². The van der Waals surface area contributed by atoms with Crippen molar-refractivity contribution in [1.29, 1.82) is 0 Å². The first-order chi connectivity index (χ1) is 15.0. The number of benzene rings is 1. The van der Waals surface area contributed by atoms with Gasteiger partial charge in [0.2, 0.25) is 0 Å². The summed E-state index contributed by atoms with van der Waals surface area (Å²) in [6, 6.07) is 6.52. The van der Waals surface area contributed by atoms with E-state index in [0.29, 0.717) is 30.6 Å². The molecule has 2 aromatic rings. The van der Waals surface area contributed by atoms with Crippen molar-refractivity contribution >= 4 is 11.3 Å². The average molecular weight is 444 g/mol. The first-order valence-corrected chi connectivity index (χ1v) is 12.6. The highest BCUT2D eigenvalue weighted by molar-refractivity contribution is 7.09. The van der Waals surface area contributed by atoms with Gasteiger partial charge in [-0.3, -0.25) is 0 Å². The number of aromatic nitrogens is 1. The molecule has 3 aliphatic rings. The molecule has 31 heavy (non-hydrogen) atoms. The second-order valence-electron chi connectivity index (χ2n) is 9.66. The summed E-state index contributed by atoms with van der Waals surface area (Å²) in [5, 5.41) is 23.0. The van der Waals surface area contributed by atoms with Crippen LogP contribution in [0.2, 0.25) is 0 Å². The van der Waals surface area contributed by atoms with E-state index in [2.05, 4.69) is 37.0 Å². The molecule has 1 saturated heterocycles. The molecule has 5 rings (SSSR count). The van der Waals surface area contributed by atoms with Gasteiger partial charge in [0.25, 0.3) is 0 Å². The van der Waals surface area contributed by atoms with E-state index in [0.717, 1.165) is 30.0 Å². The largest absolute Gasteiger partial charge is 0.493 e. The van der Waals surface area contributed by atoms with Crippen LogP contribution in [0.25, 0.3) is 0 Å². The summed E-state index contributed by atoms with van der Waals surface area (Å²) in [6.07, 6.45) is 5.76. The molecular weight excluding hydrogens is 410 g/mol. The van der Waals surface area contributed by atoms with Gasteiger partial charge >= 0.3 is 0 Å². The van der Waals surface area contributed by atoms with Crippen LogP contribution in [0.5, 0.6) is 5.75 Å². The van der Waals surface area contributed by atoms with Crippen LogP contribution in [-0.2, 0) is 23.4 Å². The molecule has 2 N–H and O–H groups in total. The van der Waals surface area contributed by atoms with Crippen molar-refractivity contribution in [3.05, 3.63) is 45.4 Å². The molecular formula is C25H33NO4S. The molecule has 0 bridgehead atoms. The highest BCUT2D eigenvalue weighted by Gasteiger charge is 2.50. The molecule has 6 heteroatoms. The van der Waals surface area contributed by atoms with E-state index in [1.54, 1.807) is 11.3 Å². The number of nitrogens with zero attached hydrogens (tertiary/aromatic N) is 1. The number of aliphatic hydroxyl groups is 2. The lowest BCUT2D eigenvalue weighted by Crippen LogP contribution is -2.41. The molecule has 1 aromatic carbocycles. The molecule has 5 atom stereocenters. The average Bonchev–Trinajstić information content (AvgIpc) is 3.41. The van der Waals surface area contributed by atoms with Crippen LogP contribution in [0.1, 0.15) is 73.7 Å². The van der Waals surface area contributed by atoms with Crippen molar-refractivity contribution in [2.45, 2.75) is 82.7 Å². The molecule has 0 amide bonds. The van der Waals surface area contributed by atoms with Gasteiger partial charge in [-0.25, -0.2) is 4.98 Å². The van der Waals surface area contributed by atoms with Gasteiger partial charge in [-0.1, -0.05) is 13.0 Å². The van der Waals surface area contributed by atoms with Crippen molar-refractivity contribution in [3.8, 4) is 5.75 Å². The Morgan fingerprint density at radius 1 is 1.29 bits per heavy atom. The van der Waals surface area contributed by atoms with Crippen molar-refractivity contribution < 1.29 is 19.7 Å². The summed E-state index contributed by atoms with van der Waals surface area (Å²) in [7, 11) is 0. The number of hydrogen-bond acceptors (Lipinski definition) is 6. The zero-order valence-corrected chi connectivity index (χ0v) is 19.2. The maximum Gasteiger partial charge on any atom is 0.125 e. The Balaban J connectivity index is 1.25. The lowest BCUT2D eigenvalue weighted by Gasteiger charge is -2.40. The summed E-state index contributed by atoms with van der Waals surface area (Å²) in [5.41, 5.74) is 3.14. The van der Waals surface area contributed by atoms with E-state index in [1.165, 1.54) is 24.0 Å². The lowest BCUT2D eigenvalue weighted by molar-refractivity contribution is -0.145. The van der Waals surface area contributed by atoms with E-state index >= 15 is 0 Å². The van der Waals surface area contributed by atoms with Gasteiger partial charge in [-0.05, 0) is 74.1 Å². The van der Waals surface area contributed by atoms with E-state index in [4.69, 9.17) is 9.47 Å². The highest BCUT2D eigenvalue weighted by Crippen LogP contribution is 2.49. The number of rotatable bonds is 7. The molecule has 0 spiro atoms. The predicted octanol–water partition coefficient (Wildman–Crippen LogP) is 4.55. The summed E-state index contributed by atoms with van der Waals surface area (Å²) in [5.74, 6) is 2.03. The first-order valence-electron chi connectivity index (χ1n) is 11.7. The standard InChI is InChI=1S/C25H33NO4S/c1-3-15-6-7-18(10-20(15)16-4-5-16)29-13-21-19-8-9-25(2,30-23(19)11-22(21)28)24-26-17(12-27)14-31-24/h6-7,10,14,16,19,21-23,27-28H,3-5,8-9,11-13H2,1-2H3/t19-,21-,22+,23+,25-/m1/s1. The summed E-state index contributed by atoms with van der Waals surface area (Å²) in [4.78, 5) is 4.55. The Bertz CT molecular complexity index is 926. The Morgan fingerprint density at radius 3 is 2.84 bits per heavy atom. The summed E-state index contributed by atoms with van der Waals surface area (Å²) in [6.45, 7) is 4.79. The second kappa shape index (κ2) is 8.47. The number of aryl methyl sites for hydroxylation is 1. The van der Waals surface area contributed by atoms with Gasteiger partial charge in [-0.2, -0.15) is 0 Å². The van der Waals surface area contributed by atoms with Crippen LogP contribution >= 0.6 is 11.3 Å². The van der Waals surface area contributed by atoms with Gasteiger partial charge in [0.05, 0.1) is 31.1 Å². The molecule has 2 aliphatic carbocycles. The normalized spacial score (nSPS) is 32.8. The van der Waals surface area contributed by atoms with Crippen LogP contribution in [-0.4, -0.2) is 34.0 Å². The maximum atomic E-state index is 10.8. The van der Waals surface area contributed by atoms with Crippen molar-refractivity contribution in [2.75, 3.05) is 6.61 Å². The van der Waals surface area contributed by atoms with Crippen LogP contribution in [0.4, 0.5) is 0 Å². The summed E-state index contributed by atoms with van der Waals surface area (Å²) >= 11 is 1.55. The monoisotopic (exact) mass is 443 g/mol. The molecule has 0 unspecified atom stereocenters. The third-order valence-corrected chi connectivity index (χ3v) is 8.62.